The number of carboxylic acids is 1. The third-order valence-electron chi connectivity index (χ3n) is 5.57. The summed E-state index contributed by atoms with van der Waals surface area (Å²) in [7, 11) is 0. The first-order chi connectivity index (χ1) is 16.0. The lowest BCUT2D eigenvalue weighted by Crippen LogP contribution is -2.37. The van der Waals surface area contributed by atoms with Crippen molar-refractivity contribution in [3.8, 4) is 0 Å². The van der Waals surface area contributed by atoms with Crippen LogP contribution in [0.4, 0.5) is 0 Å². The Balaban J connectivity index is 1.92. The fourth-order valence-corrected chi connectivity index (χ4v) is 4.13. The van der Waals surface area contributed by atoms with Gasteiger partial charge in [0.1, 0.15) is 0 Å². The van der Waals surface area contributed by atoms with Crippen LogP contribution in [0.3, 0.4) is 0 Å². The number of carbonyl (C=O) groups is 2. The molecule has 33 heavy (non-hydrogen) atoms. The standard InChI is InChI=1S/C24H31NO8/c1-3-32-24-18(8-10-30-12-13-31-11-9-26)19(14-22(33-24)23(28)29)20-15-25(16(2)27)21-7-5-4-6-17(20)21/h4-7,14-15,18-19,24,26H,3,8-13H2,1-2H3,(H,28,29)/t18-,19-,24+/m0/s1. The number of rotatable bonds is 12. The molecule has 1 aliphatic rings. The van der Waals surface area contributed by atoms with Crippen molar-refractivity contribution in [3.05, 3.63) is 47.9 Å². The Bertz CT molecular complexity index is 982. The smallest absolute Gasteiger partial charge is 0.370 e. The van der Waals surface area contributed by atoms with Gasteiger partial charge in [-0.1, -0.05) is 18.2 Å². The number of benzene rings is 1. The minimum Gasteiger partial charge on any atom is -0.475 e. The van der Waals surface area contributed by atoms with E-state index in [2.05, 4.69) is 0 Å². The third-order valence-corrected chi connectivity index (χ3v) is 5.57. The van der Waals surface area contributed by atoms with Crippen molar-refractivity contribution < 1.29 is 38.7 Å². The zero-order chi connectivity index (χ0) is 23.8. The Morgan fingerprint density at radius 2 is 1.85 bits per heavy atom. The average molecular weight is 462 g/mol. The second-order valence-electron chi connectivity index (χ2n) is 7.69. The first-order valence-corrected chi connectivity index (χ1v) is 11.1. The van der Waals surface area contributed by atoms with Gasteiger partial charge in [0.15, 0.2) is 0 Å². The number of aliphatic carboxylic acids is 1. The van der Waals surface area contributed by atoms with E-state index in [4.69, 9.17) is 24.1 Å². The highest BCUT2D eigenvalue weighted by Gasteiger charge is 2.39. The van der Waals surface area contributed by atoms with E-state index in [-0.39, 0.29) is 36.7 Å². The van der Waals surface area contributed by atoms with Gasteiger partial charge in [0.05, 0.1) is 31.9 Å². The van der Waals surface area contributed by atoms with Crippen LogP contribution >= 0.6 is 0 Å². The molecule has 3 atom stereocenters. The van der Waals surface area contributed by atoms with Crippen molar-refractivity contribution in [3.63, 3.8) is 0 Å². The molecular weight excluding hydrogens is 430 g/mol. The van der Waals surface area contributed by atoms with Crippen LogP contribution in [0.2, 0.25) is 0 Å². The van der Waals surface area contributed by atoms with Crippen LogP contribution in [0.15, 0.2) is 42.3 Å². The van der Waals surface area contributed by atoms with Gasteiger partial charge >= 0.3 is 5.97 Å². The van der Waals surface area contributed by atoms with Crippen LogP contribution in [0.25, 0.3) is 10.9 Å². The van der Waals surface area contributed by atoms with E-state index < -0.39 is 12.3 Å². The molecule has 0 unspecified atom stereocenters. The molecule has 0 spiro atoms. The van der Waals surface area contributed by atoms with E-state index in [0.29, 0.717) is 32.8 Å². The summed E-state index contributed by atoms with van der Waals surface area (Å²) >= 11 is 0. The highest BCUT2D eigenvalue weighted by Crippen LogP contribution is 2.42. The molecule has 0 fully saturated rings. The van der Waals surface area contributed by atoms with E-state index in [0.717, 1.165) is 16.5 Å². The Morgan fingerprint density at radius 1 is 1.12 bits per heavy atom. The second-order valence-corrected chi connectivity index (χ2v) is 7.69. The number of hydrogen-bond acceptors (Lipinski definition) is 7. The van der Waals surface area contributed by atoms with Crippen molar-refractivity contribution in [1.29, 1.82) is 0 Å². The Hall–Kier alpha value is -2.72. The number of fused-ring (bicyclic) bond motifs is 1. The number of carbonyl (C=O) groups excluding carboxylic acids is 1. The third kappa shape index (κ3) is 6.00. The Labute approximate surface area is 192 Å². The number of hydrogen-bond donors (Lipinski definition) is 2. The van der Waals surface area contributed by atoms with E-state index in [1.54, 1.807) is 16.8 Å². The average Bonchev–Trinajstić information content (AvgIpc) is 3.19. The van der Waals surface area contributed by atoms with Crippen molar-refractivity contribution in [1.82, 2.24) is 4.57 Å². The summed E-state index contributed by atoms with van der Waals surface area (Å²) in [4.78, 5) is 24.0. The molecule has 2 aromatic rings. The first kappa shape index (κ1) is 24.9. The van der Waals surface area contributed by atoms with Gasteiger partial charge in [0, 0.05) is 43.6 Å². The molecule has 0 bridgehead atoms. The highest BCUT2D eigenvalue weighted by atomic mass is 16.7. The van der Waals surface area contributed by atoms with Gasteiger partial charge in [-0.3, -0.25) is 9.36 Å². The van der Waals surface area contributed by atoms with Crippen molar-refractivity contribution in [2.45, 2.75) is 32.5 Å². The Morgan fingerprint density at radius 3 is 2.52 bits per heavy atom. The van der Waals surface area contributed by atoms with Gasteiger partial charge in [0.25, 0.3) is 0 Å². The highest BCUT2D eigenvalue weighted by molar-refractivity contribution is 5.94. The number of allylic oxidation sites excluding steroid dienone is 1. The van der Waals surface area contributed by atoms with Crippen LogP contribution in [0.5, 0.6) is 0 Å². The predicted molar refractivity (Wildman–Crippen MR) is 120 cm³/mol. The molecule has 9 nitrogen and oxygen atoms in total. The molecule has 2 heterocycles. The summed E-state index contributed by atoms with van der Waals surface area (Å²) in [6, 6.07) is 7.55. The van der Waals surface area contributed by atoms with Gasteiger partial charge in [-0.05, 0) is 31.1 Å². The number of nitrogens with zero attached hydrogens (tertiary/aromatic N) is 1. The van der Waals surface area contributed by atoms with E-state index >= 15 is 0 Å². The summed E-state index contributed by atoms with van der Waals surface area (Å²) in [5, 5.41) is 19.3. The minimum absolute atomic E-state index is 0.0385. The lowest BCUT2D eigenvalue weighted by molar-refractivity contribution is -0.174. The maximum atomic E-state index is 12.3. The molecule has 180 valence electrons. The zero-order valence-corrected chi connectivity index (χ0v) is 18.9. The molecule has 0 aliphatic carbocycles. The van der Waals surface area contributed by atoms with Crippen molar-refractivity contribution in [2.24, 2.45) is 5.92 Å². The summed E-state index contributed by atoms with van der Waals surface area (Å²) in [6.07, 6.45) is 3.14. The minimum atomic E-state index is -1.17. The van der Waals surface area contributed by atoms with Crippen molar-refractivity contribution in [2.75, 3.05) is 39.6 Å². The van der Waals surface area contributed by atoms with Gasteiger partial charge in [-0.25, -0.2) is 4.79 Å². The fraction of sp³-hybridized carbons (Fsp3) is 0.500. The van der Waals surface area contributed by atoms with Gasteiger partial charge in [-0.15, -0.1) is 0 Å². The number of para-hydroxylation sites is 1. The first-order valence-electron chi connectivity index (χ1n) is 11.1. The van der Waals surface area contributed by atoms with Gasteiger partial charge in [-0.2, -0.15) is 0 Å². The van der Waals surface area contributed by atoms with Crippen LogP contribution in [-0.2, 0) is 23.7 Å². The quantitative estimate of drug-likeness (QED) is 0.464. The predicted octanol–water partition coefficient (Wildman–Crippen LogP) is 2.78. The normalized spacial score (nSPS) is 20.5. The molecule has 1 aromatic heterocycles. The van der Waals surface area contributed by atoms with E-state index in [9.17, 15) is 14.7 Å². The van der Waals surface area contributed by atoms with E-state index in [1.807, 2.05) is 31.2 Å². The summed E-state index contributed by atoms with van der Waals surface area (Å²) in [6.45, 7) is 5.02. The van der Waals surface area contributed by atoms with Gasteiger partial charge in [0.2, 0.25) is 18.0 Å². The molecule has 0 radical (unpaired) electrons. The number of ether oxygens (including phenoxy) is 4. The molecule has 0 saturated carbocycles. The number of aromatic nitrogens is 1. The maximum absolute atomic E-state index is 12.3. The molecule has 0 saturated heterocycles. The largest absolute Gasteiger partial charge is 0.475 e. The molecule has 1 aromatic carbocycles. The van der Waals surface area contributed by atoms with Crippen molar-refractivity contribution >= 4 is 22.8 Å². The number of aliphatic hydroxyl groups excluding tert-OH is 1. The summed E-state index contributed by atoms with van der Waals surface area (Å²) in [5.41, 5.74) is 1.60. The van der Waals surface area contributed by atoms with Crippen LogP contribution in [-0.4, -0.2) is 72.6 Å². The monoisotopic (exact) mass is 461 g/mol. The number of carboxylic acid groups (broad SMARTS) is 1. The summed E-state index contributed by atoms with van der Waals surface area (Å²) in [5.74, 6) is -2.07. The van der Waals surface area contributed by atoms with Crippen LogP contribution < -0.4 is 0 Å². The molecule has 9 heteroatoms. The summed E-state index contributed by atoms with van der Waals surface area (Å²) < 4.78 is 24.0. The lowest BCUT2D eigenvalue weighted by Gasteiger charge is -2.36. The SMILES string of the molecule is CCO[C@@H]1OC(C(=O)O)=C[C@H](c2cn(C(C)=O)c3ccccc23)[C@@H]1CCOCCOCCO. The molecule has 2 N–H and O–H groups in total. The maximum Gasteiger partial charge on any atom is 0.370 e. The van der Waals surface area contributed by atoms with Crippen LogP contribution in [0, 0.1) is 5.92 Å². The molecule has 3 rings (SSSR count). The Kier molecular flexibility index (Phi) is 9.02. The second kappa shape index (κ2) is 11.9. The fourth-order valence-electron chi connectivity index (χ4n) is 4.13. The topological polar surface area (TPSA) is 116 Å². The van der Waals surface area contributed by atoms with E-state index in [1.165, 1.54) is 6.92 Å². The molecule has 0 amide bonds. The van der Waals surface area contributed by atoms with Crippen LogP contribution in [0.1, 0.15) is 36.5 Å². The zero-order valence-electron chi connectivity index (χ0n) is 18.9. The molecular formula is C24H31NO8. The molecule has 1 aliphatic heterocycles. The lowest BCUT2D eigenvalue weighted by atomic mass is 9.81. The number of aliphatic hydroxyl groups is 1. The van der Waals surface area contributed by atoms with Gasteiger partial charge < -0.3 is 29.2 Å².